The Labute approximate surface area is 106 Å². The molecule has 1 heteroatoms. The summed E-state index contributed by atoms with van der Waals surface area (Å²) in [6, 6.07) is 9.90. The molecule has 17 heavy (non-hydrogen) atoms. The van der Waals surface area contributed by atoms with Gasteiger partial charge in [-0.2, -0.15) is 0 Å². The standard InChI is InChI=1S/C16H25N/c1-4-13(3)16(11-17-15-9-10-15)14-7-5-12(2)6-8-14/h5-8,13,15-17H,4,9-11H2,1-3H3. The number of nitrogens with one attached hydrogen (secondary N) is 1. The topological polar surface area (TPSA) is 12.0 Å². The number of hydrogen-bond donors (Lipinski definition) is 1. The summed E-state index contributed by atoms with van der Waals surface area (Å²) in [5.74, 6) is 1.42. The maximum Gasteiger partial charge on any atom is 0.00684 e. The molecule has 2 unspecified atom stereocenters. The second kappa shape index (κ2) is 5.68. The molecule has 1 fully saturated rings. The minimum atomic E-state index is 0.668. The van der Waals surface area contributed by atoms with Crippen molar-refractivity contribution in [3.63, 3.8) is 0 Å². The van der Waals surface area contributed by atoms with Crippen LogP contribution in [0, 0.1) is 12.8 Å². The molecular formula is C16H25N. The molecule has 0 saturated heterocycles. The van der Waals surface area contributed by atoms with Gasteiger partial charge in [-0.05, 0) is 37.2 Å². The summed E-state index contributed by atoms with van der Waals surface area (Å²) in [5, 5.41) is 3.69. The summed E-state index contributed by atoms with van der Waals surface area (Å²) in [6.07, 6.45) is 4.01. The van der Waals surface area contributed by atoms with E-state index in [1.54, 1.807) is 0 Å². The van der Waals surface area contributed by atoms with Gasteiger partial charge in [0.05, 0.1) is 0 Å². The van der Waals surface area contributed by atoms with Gasteiger partial charge in [0.2, 0.25) is 0 Å². The van der Waals surface area contributed by atoms with Crippen molar-refractivity contribution < 1.29 is 0 Å². The lowest BCUT2D eigenvalue weighted by Gasteiger charge is -2.24. The van der Waals surface area contributed by atoms with Crippen molar-refractivity contribution in [2.75, 3.05) is 6.54 Å². The van der Waals surface area contributed by atoms with E-state index in [9.17, 15) is 0 Å². The van der Waals surface area contributed by atoms with E-state index in [0.29, 0.717) is 5.92 Å². The fourth-order valence-electron chi connectivity index (χ4n) is 2.33. The van der Waals surface area contributed by atoms with E-state index in [4.69, 9.17) is 0 Å². The van der Waals surface area contributed by atoms with E-state index >= 15 is 0 Å². The number of hydrogen-bond acceptors (Lipinski definition) is 1. The SMILES string of the molecule is CCC(C)C(CNC1CC1)c1ccc(C)cc1. The smallest absolute Gasteiger partial charge is 0.00684 e. The average Bonchev–Trinajstić information content (AvgIpc) is 3.15. The summed E-state index contributed by atoms with van der Waals surface area (Å²) in [7, 11) is 0. The highest BCUT2D eigenvalue weighted by atomic mass is 14.9. The highest BCUT2D eigenvalue weighted by Gasteiger charge is 2.24. The van der Waals surface area contributed by atoms with Crippen LogP contribution in [-0.4, -0.2) is 12.6 Å². The Balaban J connectivity index is 2.04. The van der Waals surface area contributed by atoms with Crippen LogP contribution in [0.4, 0.5) is 0 Å². The first-order valence-electron chi connectivity index (χ1n) is 7.00. The molecule has 0 amide bonds. The van der Waals surface area contributed by atoms with Gasteiger partial charge in [0, 0.05) is 12.6 Å². The van der Waals surface area contributed by atoms with Crippen molar-refractivity contribution in [2.24, 2.45) is 5.92 Å². The second-order valence-corrected chi connectivity index (χ2v) is 5.59. The van der Waals surface area contributed by atoms with Gasteiger partial charge in [-0.3, -0.25) is 0 Å². The Kier molecular flexibility index (Phi) is 4.22. The lowest BCUT2D eigenvalue weighted by atomic mass is 9.85. The largest absolute Gasteiger partial charge is 0.313 e. The van der Waals surface area contributed by atoms with Crippen LogP contribution in [-0.2, 0) is 0 Å². The van der Waals surface area contributed by atoms with E-state index < -0.39 is 0 Å². The van der Waals surface area contributed by atoms with E-state index in [0.717, 1.165) is 18.5 Å². The van der Waals surface area contributed by atoms with Gasteiger partial charge in [0.15, 0.2) is 0 Å². The van der Waals surface area contributed by atoms with Crippen LogP contribution in [0.3, 0.4) is 0 Å². The predicted molar refractivity (Wildman–Crippen MR) is 74.4 cm³/mol. The fourth-order valence-corrected chi connectivity index (χ4v) is 2.33. The molecule has 2 rings (SSSR count). The van der Waals surface area contributed by atoms with Gasteiger partial charge in [0.25, 0.3) is 0 Å². The molecule has 1 nitrogen and oxygen atoms in total. The van der Waals surface area contributed by atoms with Crippen LogP contribution in [0.1, 0.15) is 50.2 Å². The van der Waals surface area contributed by atoms with Crippen molar-refractivity contribution in [1.82, 2.24) is 5.32 Å². The summed E-state index contributed by atoms with van der Waals surface area (Å²) >= 11 is 0. The van der Waals surface area contributed by atoms with Crippen molar-refractivity contribution in [3.05, 3.63) is 35.4 Å². The van der Waals surface area contributed by atoms with Crippen molar-refractivity contribution in [2.45, 2.75) is 52.0 Å². The van der Waals surface area contributed by atoms with E-state index in [-0.39, 0.29) is 0 Å². The van der Waals surface area contributed by atoms with Crippen LogP contribution < -0.4 is 5.32 Å². The molecule has 0 bridgehead atoms. The van der Waals surface area contributed by atoms with Crippen LogP contribution in [0.25, 0.3) is 0 Å². The van der Waals surface area contributed by atoms with Gasteiger partial charge in [-0.1, -0.05) is 50.1 Å². The van der Waals surface area contributed by atoms with Gasteiger partial charge in [-0.15, -0.1) is 0 Å². The zero-order valence-electron chi connectivity index (χ0n) is 11.4. The van der Waals surface area contributed by atoms with Crippen molar-refractivity contribution in [3.8, 4) is 0 Å². The summed E-state index contributed by atoms with van der Waals surface area (Å²) in [5.41, 5.74) is 2.85. The molecule has 1 aliphatic rings. The van der Waals surface area contributed by atoms with Crippen LogP contribution in [0.15, 0.2) is 24.3 Å². The van der Waals surface area contributed by atoms with Crippen molar-refractivity contribution in [1.29, 1.82) is 0 Å². The number of aryl methyl sites for hydroxylation is 1. The fraction of sp³-hybridized carbons (Fsp3) is 0.625. The average molecular weight is 231 g/mol. The third kappa shape index (κ3) is 3.57. The first-order chi connectivity index (χ1) is 8.20. The molecule has 0 aliphatic heterocycles. The molecule has 0 heterocycles. The monoisotopic (exact) mass is 231 g/mol. The Bertz CT molecular complexity index is 337. The Morgan fingerprint density at radius 1 is 1.24 bits per heavy atom. The third-order valence-corrected chi connectivity index (χ3v) is 4.04. The highest BCUT2D eigenvalue weighted by molar-refractivity contribution is 5.25. The minimum absolute atomic E-state index is 0.668. The van der Waals surface area contributed by atoms with E-state index in [1.807, 2.05) is 0 Å². The van der Waals surface area contributed by atoms with Crippen molar-refractivity contribution >= 4 is 0 Å². The lowest BCUT2D eigenvalue weighted by Crippen LogP contribution is -2.27. The van der Waals surface area contributed by atoms with Gasteiger partial charge in [0.1, 0.15) is 0 Å². The first-order valence-corrected chi connectivity index (χ1v) is 7.00. The normalized spacial score (nSPS) is 19.0. The molecule has 1 aliphatic carbocycles. The minimum Gasteiger partial charge on any atom is -0.313 e. The maximum atomic E-state index is 3.69. The van der Waals surface area contributed by atoms with Gasteiger partial charge < -0.3 is 5.32 Å². The van der Waals surface area contributed by atoms with Gasteiger partial charge in [-0.25, -0.2) is 0 Å². The molecule has 2 atom stereocenters. The van der Waals surface area contributed by atoms with E-state index in [2.05, 4.69) is 50.4 Å². The quantitative estimate of drug-likeness (QED) is 0.783. The highest BCUT2D eigenvalue weighted by Crippen LogP contribution is 2.28. The molecule has 0 spiro atoms. The molecule has 0 radical (unpaired) electrons. The summed E-state index contributed by atoms with van der Waals surface area (Å²) in [6.45, 7) is 7.97. The molecule has 1 N–H and O–H groups in total. The molecule has 94 valence electrons. The third-order valence-electron chi connectivity index (χ3n) is 4.04. The molecule has 1 saturated carbocycles. The zero-order valence-corrected chi connectivity index (χ0v) is 11.4. The number of rotatable bonds is 6. The van der Waals surface area contributed by atoms with Gasteiger partial charge >= 0.3 is 0 Å². The van der Waals surface area contributed by atoms with Crippen LogP contribution in [0.5, 0.6) is 0 Å². The first kappa shape index (κ1) is 12.6. The molecule has 1 aromatic rings. The number of benzene rings is 1. The molecule has 0 aromatic heterocycles. The molecule has 1 aromatic carbocycles. The van der Waals surface area contributed by atoms with Crippen LogP contribution >= 0.6 is 0 Å². The second-order valence-electron chi connectivity index (χ2n) is 5.59. The Hall–Kier alpha value is -0.820. The zero-order chi connectivity index (χ0) is 12.3. The Morgan fingerprint density at radius 3 is 2.41 bits per heavy atom. The lowest BCUT2D eigenvalue weighted by molar-refractivity contribution is 0.419. The Morgan fingerprint density at radius 2 is 1.88 bits per heavy atom. The van der Waals surface area contributed by atoms with Crippen LogP contribution in [0.2, 0.25) is 0 Å². The molecular weight excluding hydrogens is 206 g/mol. The van der Waals surface area contributed by atoms with E-state index in [1.165, 1.54) is 30.4 Å². The summed E-state index contributed by atoms with van der Waals surface area (Å²) < 4.78 is 0. The maximum absolute atomic E-state index is 3.69. The summed E-state index contributed by atoms with van der Waals surface area (Å²) in [4.78, 5) is 0. The predicted octanol–water partition coefficient (Wildman–Crippen LogP) is 3.88.